The van der Waals surface area contributed by atoms with E-state index in [1.807, 2.05) is 6.07 Å². The molecule has 17 heavy (non-hydrogen) atoms. The summed E-state index contributed by atoms with van der Waals surface area (Å²) in [6, 6.07) is 6.22. The second-order valence-corrected chi connectivity index (χ2v) is 5.51. The smallest absolute Gasteiger partial charge is 0.165 e. The molecule has 2 fully saturated rings. The highest BCUT2D eigenvalue weighted by atomic mass is 16.5. The van der Waals surface area contributed by atoms with Gasteiger partial charge in [0.05, 0.1) is 0 Å². The Bertz CT molecular complexity index is 473. The normalized spacial score (nSPS) is 38.1. The number of fused-ring (bicyclic) bond motifs is 2. The molecule has 3 heteroatoms. The fraction of sp³-hybridized carbons (Fsp3) is 0.571. The van der Waals surface area contributed by atoms with E-state index in [2.05, 4.69) is 11.4 Å². The fourth-order valence-electron chi connectivity index (χ4n) is 3.98. The predicted octanol–water partition coefficient (Wildman–Crippen LogP) is 2.15. The third-order valence-electron chi connectivity index (χ3n) is 4.75. The van der Waals surface area contributed by atoms with Gasteiger partial charge in [0.15, 0.2) is 11.5 Å². The molecule has 1 aliphatic carbocycles. The molecule has 1 spiro atoms. The first-order valence-electron chi connectivity index (χ1n) is 6.55. The Kier molecular flexibility index (Phi) is 1.82. The molecular weight excluding hydrogens is 214 g/mol. The van der Waals surface area contributed by atoms with E-state index >= 15 is 0 Å². The Morgan fingerprint density at radius 2 is 2.29 bits per heavy atom. The third-order valence-corrected chi connectivity index (χ3v) is 4.75. The number of phenolic OH excluding ortho intramolecular Hbond substituents is 1. The van der Waals surface area contributed by atoms with Crippen LogP contribution in [-0.2, 0) is 0 Å². The molecule has 1 aromatic carbocycles. The maximum atomic E-state index is 9.93. The van der Waals surface area contributed by atoms with Gasteiger partial charge < -0.3 is 15.2 Å². The highest BCUT2D eigenvalue weighted by Crippen LogP contribution is 2.56. The van der Waals surface area contributed by atoms with Gasteiger partial charge in [-0.05, 0) is 25.3 Å². The van der Waals surface area contributed by atoms with Crippen LogP contribution in [-0.4, -0.2) is 23.3 Å². The molecule has 1 aromatic rings. The molecule has 1 saturated carbocycles. The molecule has 0 radical (unpaired) electrons. The van der Waals surface area contributed by atoms with E-state index < -0.39 is 0 Å². The Hall–Kier alpha value is -1.22. The van der Waals surface area contributed by atoms with Crippen LogP contribution >= 0.6 is 0 Å². The van der Waals surface area contributed by atoms with Gasteiger partial charge in [-0.1, -0.05) is 18.6 Å². The summed E-state index contributed by atoms with van der Waals surface area (Å²) < 4.78 is 6.24. The summed E-state index contributed by atoms with van der Waals surface area (Å²) in [6.45, 7) is 0.987. The summed E-state index contributed by atoms with van der Waals surface area (Å²) >= 11 is 0. The number of rotatable bonds is 0. The van der Waals surface area contributed by atoms with Crippen molar-refractivity contribution in [2.45, 2.75) is 43.2 Å². The molecule has 0 bridgehead atoms. The van der Waals surface area contributed by atoms with E-state index in [0.717, 1.165) is 18.7 Å². The van der Waals surface area contributed by atoms with Crippen molar-refractivity contribution in [3.05, 3.63) is 23.8 Å². The summed E-state index contributed by atoms with van der Waals surface area (Å²) in [4.78, 5) is 0. The van der Waals surface area contributed by atoms with Gasteiger partial charge in [-0.3, -0.25) is 0 Å². The van der Waals surface area contributed by atoms with Crippen LogP contribution in [0.25, 0.3) is 0 Å². The van der Waals surface area contributed by atoms with Crippen LogP contribution in [0.15, 0.2) is 18.2 Å². The van der Waals surface area contributed by atoms with Crippen LogP contribution in [0, 0.1) is 0 Å². The van der Waals surface area contributed by atoms with Gasteiger partial charge in [0, 0.05) is 24.1 Å². The van der Waals surface area contributed by atoms with Crippen molar-refractivity contribution in [3.63, 3.8) is 0 Å². The number of aromatic hydroxyl groups is 1. The van der Waals surface area contributed by atoms with Crippen LogP contribution < -0.4 is 10.1 Å². The van der Waals surface area contributed by atoms with Crippen molar-refractivity contribution in [3.8, 4) is 11.5 Å². The van der Waals surface area contributed by atoms with Crippen LogP contribution in [0.1, 0.15) is 37.2 Å². The van der Waals surface area contributed by atoms with E-state index in [1.165, 1.54) is 24.8 Å². The molecular formula is C14H17NO2. The lowest BCUT2D eigenvalue weighted by atomic mass is 9.74. The third kappa shape index (κ3) is 1.10. The van der Waals surface area contributed by atoms with Crippen molar-refractivity contribution in [1.82, 2.24) is 5.32 Å². The summed E-state index contributed by atoms with van der Waals surface area (Å²) in [5.74, 6) is 1.47. The van der Waals surface area contributed by atoms with Gasteiger partial charge >= 0.3 is 0 Å². The van der Waals surface area contributed by atoms with Crippen LogP contribution in [0.5, 0.6) is 11.5 Å². The van der Waals surface area contributed by atoms with E-state index in [1.54, 1.807) is 6.07 Å². The van der Waals surface area contributed by atoms with E-state index in [0.29, 0.717) is 17.7 Å². The van der Waals surface area contributed by atoms with Crippen LogP contribution in [0.4, 0.5) is 0 Å². The van der Waals surface area contributed by atoms with Crippen LogP contribution in [0.3, 0.4) is 0 Å². The highest BCUT2D eigenvalue weighted by molar-refractivity contribution is 5.53. The number of ether oxygens (including phenoxy) is 1. The minimum atomic E-state index is -0.0700. The van der Waals surface area contributed by atoms with Gasteiger partial charge in [0.25, 0.3) is 0 Å². The molecule has 3 aliphatic rings. The second-order valence-electron chi connectivity index (χ2n) is 5.51. The average molecular weight is 231 g/mol. The maximum Gasteiger partial charge on any atom is 0.165 e. The molecule has 90 valence electrons. The van der Waals surface area contributed by atoms with Crippen molar-refractivity contribution < 1.29 is 9.84 Å². The molecule has 2 aliphatic heterocycles. The topological polar surface area (TPSA) is 41.5 Å². The average Bonchev–Trinajstić information content (AvgIpc) is 2.83. The lowest BCUT2D eigenvalue weighted by Gasteiger charge is -2.38. The lowest BCUT2D eigenvalue weighted by molar-refractivity contribution is 0.0306. The number of benzene rings is 1. The van der Waals surface area contributed by atoms with Crippen LogP contribution in [0.2, 0.25) is 0 Å². The maximum absolute atomic E-state index is 9.93. The lowest BCUT2D eigenvalue weighted by Crippen LogP contribution is -2.49. The molecule has 3 atom stereocenters. The zero-order chi connectivity index (χ0) is 11.5. The first-order valence-corrected chi connectivity index (χ1v) is 6.55. The van der Waals surface area contributed by atoms with E-state index in [9.17, 15) is 5.11 Å². The van der Waals surface area contributed by atoms with Gasteiger partial charge in [-0.2, -0.15) is 0 Å². The van der Waals surface area contributed by atoms with Gasteiger partial charge in [-0.25, -0.2) is 0 Å². The summed E-state index contributed by atoms with van der Waals surface area (Å²) in [5.41, 5.74) is 1.13. The molecule has 0 amide bonds. The number of hydrogen-bond acceptors (Lipinski definition) is 3. The zero-order valence-corrected chi connectivity index (χ0v) is 9.78. The standard InChI is InChI=1S/C14H17NO2/c16-11-5-3-4-9-10-8-15-12-6-1-2-7-14(10,12)17-13(9)11/h3-5,10,12,15-16H,1-2,6-8H2/t10-,12-,14+/m1/s1. The second kappa shape index (κ2) is 3.16. The molecule has 0 unspecified atom stereocenters. The molecule has 2 heterocycles. The number of nitrogens with one attached hydrogen (secondary N) is 1. The first-order chi connectivity index (χ1) is 8.31. The Labute approximate surface area is 101 Å². The van der Waals surface area contributed by atoms with E-state index in [4.69, 9.17) is 4.74 Å². The van der Waals surface area contributed by atoms with Crippen molar-refractivity contribution in [2.75, 3.05) is 6.54 Å². The monoisotopic (exact) mass is 231 g/mol. The van der Waals surface area contributed by atoms with Crippen molar-refractivity contribution >= 4 is 0 Å². The Morgan fingerprint density at radius 1 is 1.35 bits per heavy atom. The zero-order valence-electron chi connectivity index (χ0n) is 9.78. The molecule has 2 N–H and O–H groups in total. The van der Waals surface area contributed by atoms with Gasteiger partial charge in [0.2, 0.25) is 0 Å². The minimum Gasteiger partial charge on any atom is -0.504 e. The highest BCUT2D eigenvalue weighted by Gasteiger charge is 2.58. The molecule has 4 rings (SSSR count). The molecule has 1 saturated heterocycles. The molecule has 3 nitrogen and oxygen atoms in total. The summed E-state index contributed by atoms with van der Waals surface area (Å²) in [5, 5.41) is 13.5. The van der Waals surface area contributed by atoms with E-state index in [-0.39, 0.29) is 5.60 Å². The summed E-state index contributed by atoms with van der Waals surface area (Å²) in [6.07, 6.45) is 4.84. The first kappa shape index (κ1) is 9.77. The number of para-hydroxylation sites is 1. The largest absolute Gasteiger partial charge is 0.504 e. The SMILES string of the molecule is Oc1cccc2c1O[C@]13CCCC[C@H]1NC[C@H]23. The number of phenols is 1. The quantitative estimate of drug-likeness (QED) is 0.719. The van der Waals surface area contributed by atoms with Crippen molar-refractivity contribution in [1.29, 1.82) is 0 Å². The summed E-state index contributed by atoms with van der Waals surface area (Å²) in [7, 11) is 0. The number of hydrogen-bond donors (Lipinski definition) is 2. The van der Waals surface area contributed by atoms with Gasteiger partial charge in [0.1, 0.15) is 5.60 Å². The van der Waals surface area contributed by atoms with Crippen molar-refractivity contribution in [2.24, 2.45) is 0 Å². The fourth-order valence-corrected chi connectivity index (χ4v) is 3.98. The van der Waals surface area contributed by atoms with Gasteiger partial charge in [-0.15, -0.1) is 0 Å². The Balaban J connectivity index is 1.84. The Morgan fingerprint density at radius 3 is 3.24 bits per heavy atom. The molecule has 0 aromatic heterocycles. The minimum absolute atomic E-state index is 0.0700. The predicted molar refractivity (Wildman–Crippen MR) is 64.5 cm³/mol.